The van der Waals surface area contributed by atoms with Gasteiger partial charge < -0.3 is 10.3 Å². The van der Waals surface area contributed by atoms with E-state index in [1.165, 1.54) is 0 Å². The molecule has 0 saturated heterocycles. The van der Waals surface area contributed by atoms with Gasteiger partial charge in [-0.25, -0.2) is 0 Å². The summed E-state index contributed by atoms with van der Waals surface area (Å²) in [5.74, 6) is 1.10. The predicted octanol–water partition coefficient (Wildman–Crippen LogP) is 4.96. The molecule has 100 valence electrons. The molecule has 20 heavy (non-hydrogen) atoms. The molecule has 3 nitrogen and oxygen atoms in total. The first kappa shape index (κ1) is 13.6. The Morgan fingerprint density at radius 3 is 2.60 bits per heavy atom. The molecule has 0 bridgehead atoms. The van der Waals surface area contributed by atoms with Crippen LogP contribution in [0.2, 0.25) is 0 Å². The van der Waals surface area contributed by atoms with Gasteiger partial charge in [0.05, 0.1) is 5.56 Å². The van der Waals surface area contributed by atoms with Gasteiger partial charge in [0.1, 0.15) is 0 Å². The van der Waals surface area contributed by atoms with Gasteiger partial charge in [-0.2, -0.15) is 0 Å². The fraction of sp³-hybridized carbons (Fsp3) is 0. The first-order valence-corrected chi connectivity index (χ1v) is 7.80. The molecule has 0 amide bonds. The highest BCUT2D eigenvalue weighted by atomic mass is 127. The second kappa shape index (κ2) is 5.57. The van der Waals surface area contributed by atoms with Crippen molar-refractivity contribution < 1.29 is 4.52 Å². The minimum atomic E-state index is 0.405. The molecule has 3 rings (SSSR count). The largest absolute Gasteiger partial charge is 0.380 e. The van der Waals surface area contributed by atoms with Crippen molar-refractivity contribution in [2.45, 2.75) is 0 Å². The van der Waals surface area contributed by atoms with Crippen LogP contribution in [-0.4, -0.2) is 5.16 Å². The van der Waals surface area contributed by atoms with Crippen molar-refractivity contribution in [1.82, 2.24) is 5.16 Å². The number of halogens is 2. The van der Waals surface area contributed by atoms with Crippen molar-refractivity contribution in [3.05, 3.63) is 56.6 Å². The third-order valence-corrected chi connectivity index (χ3v) is 4.39. The normalized spacial score (nSPS) is 10.7. The van der Waals surface area contributed by atoms with Gasteiger partial charge in [-0.1, -0.05) is 51.4 Å². The Morgan fingerprint density at radius 2 is 1.85 bits per heavy atom. The van der Waals surface area contributed by atoms with E-state index in [1.54, 1.807) is 0 Å². The number of rotatable bonds is 2. The van der Waals surface area contributed by atoms with Crippen LogP contribution in [0.25, 0.3) is 22.5 Å². The maximum atomic E-state index is 5.98. The number of hydrogen-bond acceptors (Lipinski definition) is 3. The van der Waals surface area contributed by atoms with Gasteiger partial charge in [-0.3, -0.25) is 0 Å². The summed E-state index contributed by atoms with van der Waals surface area (Å²) in [6, 6.07) is 15.9. The summed E-state index contributed by atoms with van der Waals surface area (Å²) < 4.78 is 7.54. The fourth-order valence-corrected chi connectivity index (χ4v) is 2.98. The topological polar surface area (TPSA) is 52.0 Å². The zero-order valence-electron chi connectivity index (χ0n) is 10.3. The Kier molecular flexibility index (Phi) is 3.80. The van der Waals surface area contributed by atoms with Gasteiger partial charge in [0.15, 0.2) is 11.6 Å². The van der Waals surface area contributed by atoms with Gasteiger partial charge in [0, 0.05) is 13.6 Å². The minimum Gasteiger partial charge on any atom is -0.380 e. The van der Waals surface area contributed by atoms with E-state index in [-0.39, 0.29) is 0 Å². The van der Waals surface area contributed by atoms with E-state index in [0.29, 0.717) is 11.6 Å². The highest BCUT2D eigenvalue weighted by Crippen LogP contribution is 2.39. The maximum absolute atomic E-state index is 5.98. The van der Waals surface area contributed by atoms with Gasteiger partial charge in [-0.15, -0.1) is 0 Å². The summed E-state index contributed by atoms with van der Waals surface area (Å²) in [4.78, 5) is 0. The molecule has 0 aliphatic heterocycles. The first-order valence-electron chi connectivity index (χ1n) is 5.93. The van der Waals surface area contributed by atoms with Crippen molar-refractivity contribution in [2.24, 2.45) is 0 Å². The van der Waals surface area contributed by atoms with E-state index >= 15 is 0 Å². The summed E-state index contributed by atoms with van der Waals surface area (Å²) in [6.07, 6.45) is 0. The smallest absolute Gasteiger partial charge is 0.178 e. The maximum Gasteiger partial charge on any atom is 0.178 e. The van der Waals surface area contributed by atoms with Crippen LogP contribution in [0.1, 0.15) is 0 Å². The van der Waals surface area contributed by atoms with Crippen LogP contribution >= 0.6 is 38.5 Å². The lowest BCUT2D eigenvalue weighted by Crippen LogP contribution is -1.89. The Hall–Kier alpha value is -1.34. The molecular formula is C15H10BrIN2O. The zero-order chi connectivity index (χ0) is 14.1. The number of nitrogens with zero attached hydrogens (tertiary/aromatic N) is 1. The quantitative estimate of drug-likeness (QED) is 0.573. The van der Waals surface area contributed by atoms with Crippen LogP contribution in [0.3, 0.4) is 0 Å². The number of anilines is 1. The second-order valence-corrected chi connectivity index (χ2v) is 6.34. The van der Waals surface area contributed by atoms with E-state index in [2.05, 4.69) is 43.7 Å². The molecule has 2 aromatic carbocycles. The molecule has 0 aliphatic carbocycles. The first-order chi connectivity index (χ1) is 9.66. The zero-order valence-corrected chi connectivity index (χ0v) is 14.1. The molecule has 2 N–H and O–H groups in total. The molecule has 3 aromatic rings. The lowest BCUT2D eigenvalue weighted by Gasteiger charge is -2.05. The van der Waals surface area contributed by atoms with Crippen LogP contribution in [0.4, 0.5) is 5.82 Å². The molecule has 0 spiro atoms. The number of aromatic nitrogens is 1. The third kappa shape index (κ3) is 2.47. The highest BCUT2D eigenvalue weighted by molar-refractivity contribution is 14.1. The molecule has 0 aliphatic rings. The van der Waals surface area contributed by atoms with Crippen molar-refractivity contribution >= 4 is 44.3 Å². The third-order valence-electron chi connectivity index (χ3n) is 2.95. The summed E-state index contributed by atoms with van der Waals surface area (Å²) in [7, 11) is 0. The number of hydrogen-bond donors (Lipinski definition) is 1. The van der Waals surface area contributed by atoms with Crippen molar-refractivity contribution in [3.63, 3.8) is 0 Å². The van der Waals surface area contributed by atoms with Crippen molar-refractivity contribution in [1.29, 1.82) is 0 Å². The van der Waals surface area contributed by atoms with E-state index < -0.39 is 0 Å². The molecule has 0 unspecified atom stereocenters. The molecule has 1 heterocycles. The van der Waals surface area contributed by atoms with Gasteiger partial charge in [0.25, 0.3) is 0 Å². The fourth-order valence-electron chi connectivity index (χ4n) is 2.04. The summed E-state index contributed by atoms with van der Waals surface area (Å²) >= 11 is 5.76. The van der Waals surface area contributed by atoms with E-state index in [4.69, 9.17) is 10.3 Å². The second-order valence-electron chi connectivity index (χ2n) is 4.26. The minimum absolute atomic E-state index is 0.405. The van der Waals surface area contributed by atoms with Crippen LogP contribution < -0.4 is 5.73 Å². The Labute approximate surface area is 138 Å². The lowest BCUT2D eigenvalue weighted by atomic mass is 10.0. The standard InChI is InChI=1S/C15H10BrIN2O/c16-10-6-7-12(17)11(8-10)14-13(15(18)19-20-14)9-4-2-1-3-5-9/h1-8H,(H2,18,19). The summed E-state index contributed by atoms with van der Waals surface area (Å²) in [5.41, 5.74) is 8.79. The van der Waals surface area contributed by atoms with Crippen LogP contribution in [0.15, 0.2) is 57.5 Å². The summed E-state index contributed by atoms with van der Waals surface area (Å²) in [5, 5.41) is 3.92. The SMILES string of the molecule is Nc1noc(-c2cc(Br)ccc2I)c1-c1ccccc1. The number of nitrogens with two attached hydrogens (primary N) is 1. The Balaban J connectivity index is 2.24. The summed E-state index contributed by atoms with van der Waals surface area (Å²) in [6.45, 7) is 0. The molecule has 0 radical (unpaired) electrons. The van der Waals surface area contributed by atoms with Crippen LogP contribution in [0.5, 0.6) is 0 Å². The molecule has 5 heteroatoms. The average molecular weight is 441 g/mol. The molecule has 1 aromatic heterocycles. The van der Waals surface area contributed by atoms with E-state index in [1.807, 2.05) is 48.5 Å². The van der Waals surface area contributed by atoms with Gasteiger partial charge in [0.2, 0.25) is 0 Å². The Bertz CT molecular complexity index is 756. The van der Waals surface area contributed by atoms with E-state index in [9.17, 15) is 0 Å². The van der Waals surface area contributed by atoms with Crippen molar-refractivity contribution in [2.75, 3.05) is 5.73 Å². The van der Waals surface area contributed by atoms with Crippen LogP contribution in [0, 0.1) is 3.57 Å². The lowest BCUT2D eigenvalue weighted by molar-refractivity contribution is 0.436. The Morgan fingerprint density at radius 1 is 1.10 bits per heavy atom. The van der Waals surface area contributed by atoms with E-state index in [0.717, 1.165) is 24.7 Å². The predicted molar refractivity (Wildman–Crippen MR) is 92.2 cm³/mol. The molecule has 0 fully saturated rings. The molecule has 0 saturated carbocycles. The number of benzene rings is 2. The monoisotopic (exact) mass is 440 g/mol. The average Bonchev–Trinajstić information content (AvgIpc) is 2.84. The molecule has 0 atom stereocenters. The van der Waals surface area contributed by atoms with Gasteiger partial charge in [-0.05, 0) is 46.4 Å². The van der Waals surface area contributed by atoms with Crippen LogP contribution in [-0.2, 0) is 0 Å². The van der Waals surface area contributed by atoms with Crippen molar-refractivity contribution in [3.8, 4) is 22.5 Å². The number of nitrogen functional groups attached to an aromatic ring is 1. The highest BCUT2D eigenvalue weighted by Gasteiger charge is 2.19. The molecular weight excluding hydrogens is 431 g/mol. The van der Waals surface area contributed by atoms with Gasteiger partial charge >= 0.3 is 0 Å².